The maximum Gasteiger partial charge on any atom is 0.412 e. The summed E-state index contributed by atoms with van der Waals surface area (Å²) in [5, 5.41) is 2.62. The highest BCUT2D eigenvalue weighted by atomic mass is 16.6. The van der Waals surface area contributed by atoms with Crippen LogP contribution in [0.15, 0.2) is 46.3 Å². The molecule has 0 spiro atoms. The Morgan fingerprint density at radius 1 is 1.03 bits per heavy atom. The summed E-state index contributed by atoms with van der Waals surface area (Å²) in [6.07, 6.45) is 13.7. The van der Waals surface area contributed by atoms with E-state index < -0.39 is 11.5 Å². The molecule has 5 aliphatic rings. The second-order valence-corrected chi connectivity index (χ2v) is 14.0. The number of primary amides is 1. The molecule has 5 aliphatic carbocycles. The molecule has 3 N–H and O–H groups in total. The molecule has 0 saturated heterocycles. The highest BCUT2D eigenvalue weighted by Crippen LogP contribution is 2.76. The van der Waals surface area contributed by atoms with E-state index in [1.54, 1.807) is 6.08 Å². The SMILES string of the molecule is CCNC(=O)OC1=C(C)C2=CC=C3[C@@](C)(CC[C@@]4(CC)[C@@H]5C[C@](C)(C(N)=O)CC[C@]5(C)CC[C@]34C)C2=CC1=O. The van der Waals surface area contributed by atoms with Gasteiger partial charge in [0.1, 0.15) is 0 Å². The highest BCUT2D eigenvalue weighted by Gasteiger charge is 2.68. The van der Waals surface area contributed by atoms with Gasteiger partial charge in [-0.1, -0.05) is 52.3 Å². The molecule has 0 aromatic heterocycles. The topological polar surface area (TPSA) is 98.5 Å². The lowest BCUT2D eigenvalue weighted by molar-refractivity contribution is -0.176. The highest BCUT2D eigenvalue weighted by molar-refractivity contribution is 6.08. The molecule has 6 nitrogen and oxygen atoms in total. The van der Waals surface area contributed by atoms with Crippen LogP contribution in [0.5, 0.6) is 0 Å². The number of alkyl carbamates (subject to hydrolysis) is 1. The number of ether oxygens (including phenoxy) is 1. The number of hydrogen-bond donors (Lipinski definition) is 2. The maximum absolute atomic E-state index is 13.3. The smallest absolute Gasteiger partial charge is 0.406 e. The van der Waals surface area contributed by atoms with E-state index in [0.29, 0.717) is 12.5 Å². The first kappa shape index (κ1) is 27.9. The van der Waals surface area contributed by atoms with Gasteiger partial charge in [-0.15, -0.1) is 0 Å². The molecular weight excluding hydrogens is 488 g/mol. The van der Waals surface area contributed by atoms with E-state index in [2.05, 4.69) is 52.1 Å². The molecule has 0 aromatic rings. The normalized spacial score (nSPS) is 41.2. The lowest BCUT2D eigenvalue weighted by Gasteiger charge is -2.71. The zero-order chi connectivity index (χ0) is 28.6. The first-order valence-corrected chi connectivity index (χ1v) is 14.9. The molecule has 3 fully saturated rings. The van der Waals surface area contributed by atoms with Gasteiger partial charge in [0.15, 0.2) is 5.76 Å². The minimum Gasteiger partial charge on any atom is -0.406 e. The first-order valence-electron chi connectivity index (χ1n) is 14.9. The van der Waals surface area contributed by atoms with Crippen LogP contribution in [0.4, 0.5) is 4.79 Å². The van der Waals surface area contributed by atoms with E-state index in [0.717, 1.165) is 68.1 Å². The molecule has 6 heteroatoms. The van der Waals surface area contributed by atoms with E-state index in [4.69, 9.17) is 10.5 Å². The number of amides is 2. The molecule has 6 atom stereocenters. The Bertz CT molecular complexity index is 1270. The summed E-state index contributed by atoms with van der Waals surface area (Å²) in [4.78, 5) is 38.1. The quantitative estimate of drug-likeness (QED) is 0.420. The van der Waals surface area contributed by atoms with Crippen LogP contribution in [-0.2, 0) is 14.3 Å². The number of carbonyl (C=O) groups excluding carboxylic acids is 3. The number of fused-ring (bicyclic) bond motifs is 7. The number of allylic oxidation sites excluding steroid dienone is 7. The van der Waals surface area contributed by atoms with Gasteiger partial charge in [0.05, 0.1) is 0 Å². The largest absolute Gasteiger partial charge is 0.412 e. The number of hydrogen-bond acceptors (Lipinski definition) is 4. The molecule has 3 saturated carbocycles. The summed E-state index contributed by atoms with van der Waals surface area (Å²) in [7, 11) is 0. The van der Waals surface area contributed by atoms with Crippen molar-refractivity contribution in [2.75, 3.05) is 6.54 Å². The Labute approximate surface area is 233 Å². The zero-order valence-electron chi connectivity index (χ0n) is 24.9. The summed E-state index contributed by atoms with van der Waals surface area (Å²) in [5.41, 5.74) is 9.65. The van der Waals surface area contributed by atoms with E-state index >= 15 is 0 Å². The van der Waals surface area contributed by atoms with E-state index in [1.807, 2.05) is 13.8 Å². The molecule has 5 rings (SSSR count). The van der Waals surface area contributed by atoms with Crippen molar-refractivity contribution >= 4 is 17.8 Å². The fourth-order valence-electron chi connectivity index (χ4n) is 9.64. The van der Waals surface area contributed by atoms with Gasteiger partial charge < -0.3 is 15.8 Å². The Morgan fingerprint density at radius 3 is 2.36 bits per heavy atom. The molecular formula is C33H46N2O4. The summed E-state index contributed by atoms with van der Waals surface area (Å²) in [6.45, 7) is 15.8. The number of ketones is 1. The van der Waals surface area contributed by atoms with E-state index in [-0.39, 0.29) is 39.1 Å². The minimum atomic E-state index is -0.602. The molecule has 0 unspecified atom stereocenters. The van der Waals surface area contributed by atoms with Crippen molar-refractivity contribution < 1.29 is 19.1 Å². The molecule has 0 bridgehead atoms. The molecule has 39 heavy (non-hydrogen) atoms. The van der Waals surface area contributed by atoms with Crippen molar-refractivity contribution in [2.24, 2.45) is 38.7 Å². The molecule has 0 aliphatic heterocycles. The number of nitrogens with one attached hydrogen (secondary N) is 1. The minimum absolute atomic E-state index is 0.0594. The lowest BCUT2D eigenvalue weighted by Crippen LogP contribution is -2.63. The third-order valence-electron chi connectivity index (χ3n) is 12.3. The third-order valence-corrected chi connectivity index (χ3v) is 12.3. The second-order valence-electron chi connectivity index (χ2n) is 14.0. The lowest BCUT2D eigenvalue weighted by atomic mass is 9.33. The van der Waals surface area contributed by atoms with Crippen molar-refractivity contribution in [2.45, 2.75) is 99.8 Å². The van der Waals surface area contributed by atoms with Crippen LogP contribution in [0.3, 0.4) is 0 Å². The summed E-state index contributed by atoms with van der Waals surface area (Å²) < 4.78 is 5.46. The average Bonchev–Trinajstić information content (AvgIpc) is 2.88. The summed E-state index contributed by atoms with van der Waals surface area (Å²) in [5.74, 6) is 0.123. The maximum atomic E-state index is 13.3. The van der Waals surface area contributed by atoms with Gasteiger partial charge in [-0.2, -0.15) is 0 Å². The molecule has 2 amide bonds. The first-order chi connectivity index (χ1) is 18.2. The van der Waals surface area contributed by atoms with Gasteiger partial charge in [-0.3, -0.25) is 9.59 Å². The molecule has 0 aromatic carbocycles. The van der Waals surface area contributed by atoms with Crippen molar-refractivity contribution in [3.05, 3.63) is 46.3 Å². The Morgan fingerprint density at radius 2 is 1.72 bits per heavy atom. The van der Waals surface area contributed by atoms with Crippen molar-refractivity contribution in [3.8, 4) is 0 Å². The van der Waals surface area contributed by atoms with Crippen molar-refractivity contribution in [1.29, 1.82) is 0 Å². The van der Waals surface area contributed by atoms with Crippen LogP contribution in [0.1, 0.15) is 99.8 Å². The third kappa shape index (κ3) is 3.69. The van der Waals surface area contributed by atoms with Crippen molar-refractivity contribution in [3.63, 3.8) is 0 Å². The second kappa shape index (κ2) is 8.94. The average molecular weight is 535 g/mol. The Kier molecular flexibility index (Phi) is 6.40. The Hall–Kier alpha value is -2.63. The number of carbonyl (C=O) groups is 3. The molecule has 0 heterocycles. The fraction of sp³-hybridized carbons (Fsp3) is 0.667. The van der Waals surface area contributed by atoms with Gasteiger partial charge >= 0.3 is 6.09 Å². The Balaban J connectivity index is 1.61. The van der Waals surface area contributed by atoms with Gasteiger partial charge in [-0.05, 0) is 105 Å². The fourth-order valence-corrected chi connectivity index (χ4v) is 9.64. The standard InChI is InChI=1S/C33H46N2O4/c1-8-33-17-15-31(6)22-18-23(36)26(39-28(38)35-9-2)20(3)21(22)10-11-24(31)32(33,7)16-14-29(4)12-13-30(5,27(34)37)19-25(29)33/h10-11,18,25H,8-9,12-17,19H2,1-7H3,(H2,34,37)(H,35,38)/t25-,29-,30-,31+,32-,33+/m1/s1. The van der Waals surface area contributed by atoms with Crippen molar-refractivity contribution in [1.82, 2.24) is 5.32 Å². The van der Waals surface area contributed by atoms with Crippen LogP contribution in [0.25, 0.3) is 0 Å². The van der Waals surface area contributed by atoms with Gasteiger partial charge in [-0.25, -0.2) is 4.79 Å². The number of rotatable bonds is 4. The van der Waals surface area contributed by atoms with Gasteiger partial charge in [0.25, 0.3) is 0 Å². The number of nitrogens with two attached hydrogens (primary N) is 1. The molecule has 212 valence electrons. The monoisotopic (exact) mass is 534 g/mol. The predicted octanol–water partition coefficient (Wildman–Crippen LogP) is 6.68. The van der Waals surface area contributed by atoms with Crippen LogP contribution in [0, 0.1) is 33.0 Å². The summed E-state index contributed by atoms with van der Waals surface area (Å²) in [6, 6.07) is 0. The van der Waals surface area contributed by atoms with Crippen LogP contribution < -0.4 is 11.1 Å². The van der Waals surface area contributed by atoms with Crippen LogP contribution >= 0.6 is 0 Å². The summed E-state index contributed by atoms with van der Waals surface area (Å²) >= 11 is 0. The molecule has 0 radical (unpaired) electrons. The zero-order valence-corrected chi connectivity index (χ0v) is 24.9. The van der Waals surface area contributed by atoms with Crippen LogP contribution in [0.2, 0.25) is 0 Å². The van der Waals surface area contributed by atoms with Crippen LogP contribution in [-0.4, -0.2) is 24.3 Å². The van der Waals surface area contributed by atoms with Gasteiger partial charge in [0, 0.05) is 22.9 Å². The van der Waals surface area contributed by atoms with E-state index in [1.165, 1.54) is 5.57 Å². The predicted molar refractivity (Wildman–Crippen MR) is 152 cm³/mol. The van der Waals surface area contributed by atoms with Gasteiger partial charge in [0.2, 0.25) is 11.7 Å². The van der Waals surface area contributed by atoms with E-state index in [9.17, 15) is 14.4 Å².